The molecule has 136 valence electrons. The van der Waals surface area contributed by atoms with Crippen molar-refractivity contribution in [2.24, 2.45) is 5.73 Å². The summed E-state index contributed by atoms with van der Waals surface area (Å²) in [6.45, 7) is 1.30. The number of sulfonamides is 1. The van der Waals surface area contributed by atoms with E-state index in [9.17, 15) is 21.6 Å². The number of piperidine rings is 1. The van der Waals surface area contributed by atoms with Gasteiger partial charge >= 0.3 is 6.18 Å². The third-order valence-corrected chi connectivity index (χ3v) is 5.87. The van der Waals surface area contributed by atoms with Gasteiger partial charge in [-0.05, 0) is 37.9 Å². The fourth-order valence-corrected chi connectivity index (χ4v) is 4.32. The van der Waals surface area contributed by atoms with Gasteiger partial charge in [0.1, 0.15) is 0 Å². The highest BCUT2D eigenvalue weighted by Gasteiger charge is 2.39. The summed E-state index contributed by atoms with van der Waals surface area (Å²) in [6, 6.07) is 4.27. The number of nitrogens with two attached hydrogens (primary N) is 1. The fourth-order valence-electron chi connectivity index (χ4n) is 2.64. The summed E-state index contributed by atoms with van der Waals surface area (Å²) in [7, 11) is -4.19. The Labute approximate surface area is 139 Å². The van der Waals surface area contributed by atoms with Gasteiger partial charge in [0, 0.05) is 19.7 Å². The monoisotopic (exact) mass is 366 g/mol. The van der Waals surface area contributed by atoms with Crippen molar-refractivity contribution < 1.29 is 26.3 Å². The quantitative estimate of drug-likeness (QED) is 0.784. The normalized spacial score (nSPS) is 18.0. The summed E-state index contributed by atoms with van der Waals surface area (Å²) in [5.74, 6) is 0. The fraction of sp³-hybridized carbons (Fsp3) is 0.600. The number of ether oxygens (including phenoxy) is 1. The predicted octanol–water partition coefficient (Wildman–Crippen LogP) is 2.22. The molecule has 0 unspecified atom stereocenters. The first-order valence-corrected chi connectivity index (χ1v) is 9.19. The van der Waals surface area contributed by atoms with Crippen LogP contribution in [0.5, 0.6) is 0 Å². The van der Waals surface area contributed by atoms with Crippen LogP contribution in [0, 0.1) is 0 Å². The molecule has 1 aromatic carbocycles. The topological polar surface area (TPSA) is 72.6 Å². The zero-order valence-corrected chi connectivity index (χ0v) is 13.9. The van der Waals surface area contributed by atoms with Gasteiger partial charge in [0.05, 0.1) is 16.6 Å². The first-order valence-electron chi connectivity index (χ1n) is 7.75. The Balaban J connectivity index is 2.11. The van der Waals surface area contributed by atoms with Crippen molar-refractivity contribution in [3.05, 3.63) is 29.8 Å². The van der Waals surface area contributed by atoms with Crippen LogP contribution in [0.3, 0.4) is 0 Å². The van der Waals surface area contributed by atoms with Gasteiger partial charge < -0.3 is 10.5 Å². The average Bonchev–Trinajstić information content (AvgIpc) is 2.55. The number of nitrogens with zero attached hydrogens (tertiary/aromatic N) is 1. The molecule has 0 radical (unpaired) electrons. The van der Waals surface area contributed by atoms with Gasteiger partial charge in [0.15, 0.2) is 0 Å². The molecule has 1 heterocycles. The van der Waals surface area contributed by atoms with Crippen LogP contribution in [-0.2, 0) is 20.9 Å². The summed E-state index contributed by atoms with van der Waals surface area (Å²) in [4.78, 5) is -0.694. The molecule has 1 saturated heterocycles. The van der Waals surface area contributed by atoms with E-state index in [1.165, 1.54) is 12.1 Å². The summed E-state index contributed by atoms with van der Waals surface area (Å²) in [6.07, 6.45) is -3.17. The second-order valence-corrected chi connectivity index (χ2v) is 7.52. The van der Waals surface area contributed by atoms with E-state index in [0.717, 1.165) is 22.9 Å². The van der Waals surface area contributed by atoms with Crippen molar-refractivity contribution >= 4 is 10.0 Å². The van der Waals surface area contributed by atoms with Crippen LogP contribution in [0.2, 0.25) is 0 Å². The number of hydrogen-bond donors (Lipinski definition) is 1. The molecule has 1 fully saturated rings. The molecular weight excluding hydrogens is 345 g/mol. The highest BCUT2D eigenvalue weighted by molar-refractivity contribution is 7.89. The number of halogens is 3. The highest BCUT2D eigenvalue weighted by Crippen LogP contribution is 2.35. The van der Waals surface area contributed by atoms with Gasteiger partial charge in [-0.3, -0.25) is 0 Å². The largest absolute Gasteiger partial charge is 0.417 e. The van der Waals surface area contributed by atoms with Crippen LogP contribution in [0.25, 0.3) is 0 Å². The highest BCUT2D eigenvalue weighted by atomic mass is 32.2. The van der Waals surface area contributed by atoms with E-state index >= 15 is 0 Å². The van der Waals surface area contributed by atoms with Crippen LogP contribution < -0.4 is 5.73 Å². The molecule has 0 bridgehead atoms. The molecular formula is C15H21F3N2O3S. The average molecular weight is 366 g/mol. The molecule has 1 aliphatic heterocycles. The summed E-state index contributed by atoms with van der Waals surface area (Å²) in [5.41, 5.74) is 4.24. The molecule has 0 amide bonds. The second-order valence-electron chi connectivity index (χ2n) is 5.61. The lowest BCUT2D eigenvalue weighted by atomic mass is 10.1. The van der Waals surface area contributed by atoms with Gasteiger partial charge in [-0.2, -0.15) is 17.5 Å². The van der Waals surface area contributed by atoms with Crippen LogP contribution in [-0.4, -0.2) is 45.1 Å². The number of hydrogen-bond acceptors (Lipinski definition) is 4. The molecule has 0 aliphatic carbocycles. The summed E-state index contributed by atoms with van der Waals surface area (Å²) < 4.78 is 71.1. The maximum Gasteiger partial charge on any atom is 0.417 e. The van der Waals surface area contributed by atoms with Crippen LogP contribution in [0.1, 0.15) is 24.8 Å². The Hall–Kier alpha value is -1.16. The number of alkyl halides is 3. The Bertz CT molecular complexity index is 642. The van der Waals surface area contributed by atoms with E-state index < -0.39 is 26.7 Å². The zero-order chi connectivity index (χ0) is 17.8. The van der Waals surface area contributed by atoms with Gasteiger partial charge in [-0.15, -0.1) is 0 Å². The van der Waals surface area contributed by atoms with Crippen LogP contribution in [0.15, 0.2) is 29.2 Å². The lowest BCUT2D eigenvalue weighted by Crippen LogP contribution is -2.41. The number of rotatable bonds is 6. The maximum absolute atomic E-state index is 13.1. The van der Waals surface area contributed by atoms with Crippen LogP contribution in [0.4, 0.5) is 13.2 Å². The van der Waals surface area contributed by atoms with E-state index in [1.54, 1.807) is 0 Å². The van der Waals surface area contributed by atoms with Crippen molar-refractivity contribution in [2.75, 3.05) is 26.2 Å². The van der Waals surface area contributed by atoms with E-state index in [2.05, 4.69) is 0 Å². The van der Waals surface area contributed by atoms with Gasteiger partial charge in [0.25, 0.3) is 0 Å². The van der Waals surface area contributed by atoms with Crippen molar-refractivity contribution in [2.45, 2.75) is 36.4 Å². The molecule has 0 saturated carbocycles. The number of benzene rings is 1. The zero-order valence-electron chi connectivity index (χ0n) is 13.1. The third-order valence-electron chi connectivity index (χ3n) is 3.91. The molecule has 24 heavy (non-hydrogen) atoms. The van der Waals surface area contributed by atoms with E-state index in [1.807, 2.05) is 0 Å². The Kier molecular flexibility index (Phi) is 6.24. The SMILES string of the molecule is NCCCOC1CCN(S(=O)(=O)c2ccccc2C(F)(F)F)CC1. The third kappa shape index (κ3) is 4.47. The Morgan fingerprint density at radius 2 is 1.83 bits per heavy atom. The smallest absolute Gasteiger partial charge is 0.378 e. The molecule has 1 aromatic rings. The first kappa shape index (κ1) is 19.2. The predicted molar refractivity (Wildman–Crippen MR) is 82.8 cm³/mol. The van der Waals surface area contributed by atoms with Crippen molar-refractivity contribution in [1.82, 2.24) is 4.31 Å². The van der Waals surface area contributed by atoms with Crippen molar-refractivity contribution in [3.63, 3.8) is 0 Å². The second kappa shape index (κ2) is 7.81. The van der Waals surface area contributed by atoms with Gasteiger partial charge in [0.2, 0.25) is 10.0 Å². The minimum Gasteiger partial charge on any atom is -0.378 e. The summed E-state index contributed by atoms with van der Waals surface area (Å²) >= 11 is 0. The molecule has 0 aromatic heterocycles. The van der Waals surface area contributed by atoms with E-state index in [-0.39, 0.29) is 19.2 Å². The molecule has 0 atom stereocenters. The molecule has 5 nitrogen and oxygen atoms in total. The Morgan fingerprint density at radius 1 is 1.21 bits per heavy atom. The Morgan fingerprint density at radius 3 is 2.42 bits per heavy atom. The molecule has 2 N–H and O–H groups in total. The molecule has 1 aliphatic rings. The molecule has 2 rings (SSSR count). The molecule has 0 spiro atoms. The maximum atomic E-state index is 13.1. The standard InChI is InChI=1S/C15H21F3N2O3S/c16-15(17,18)13-4-1-2-5-14(13)24(21,22)20-9-6-12(7-10-20)23-11-3-8-19/h1-2,4-5,12H,3,6-11,19H2. The van der Waals surface area contributed by atoms with E-state index in [4.69, 9.17) is 10.5 Å². The van der Waals surface area contributed by atoms with Crippen LogP contribution >= 0.6 is 0 Å². The minimum absolute atomic E-state index is 0.0825. The molecule has 9 heteroatoms. The first-order chi connectivity index (χ1) is 11.3. The minimum atomic E-state index is -4.71. The van der Waals surface area contributed by atoms with Gasteiger partial charge in [-0.1, -0.05) is 12.1 Å². The lowest BCUT2D eigenvalue weighted by Gasteiger charge is -2.31. The van der Waals surface area contributed by atoms with Gasteiger partial charge in [-0.25, -0.2) is 8.42 Å². The van der Waals surface area contributed by atoms with Crippen molar-refractivity contribution in [1.29, 1.82) is 0 Å². The van der Waals surface area contributed by atoms with E-state index in [0.29, 0.717) is 26.0 Å². The van der Waals surface area contributed by atoms with Crippen molar-refractivity contribution in [3.8, 4) is 0 Å². The summed E-state index contributed by atoms with van der Waals surface area (Å²) in [5, 5.41) is 0. The lowest BCUT2D eigenvalue weighted by molar-refractivity contribution is -0.139.